The highest BCUT2D eigenvalue weighted by Gasteiger charge is 2.42. The molecule has 2 unspecified atom stereocenters. The highest BCUT2D eigenvalue weighted by atomic mass is 16.4. The maximum atomic E-state index is 12.2. The van der Waals surface area contributed by atoms with Crippen molar-refractivity contribution < 1.29 is 24.6 Å². The molecule has 2 atom stereocenters. The Hall–Kier alpha value is -1.63. The van der Waals surface area contributed by atoms with Crippen LogP contribution in [0.1, 0.15) is 39.0 Å². The predicted molar refractivity (Wildman–Crippen MR) is 71.0 cm³/mol. The van der Waals surface area contributed by atoms with Crippen molar-refractivity contribution >= 4 is 17.8 Å². The molecule has 0 radical (unpaired) electrons. The Morgan fingerprint density at radius 2 is 2.00 bits per heavy atom. The lowest BCUT2D eigenvalue weighted by atomic mass is 9.77. The number of amides is 1. The number of carbonyl (C=O) groups excluding carboxylic acids is 1. The summed E-state index contributed by atoms with van der Waals surface area (Å²) in [5, 5.41) is 17.9. The molecule has 114 valence electrons. The van der Waals surface area contributed by atoms with Crippen molar-refractivity contribution in [2.45, 2.75) is 45.1 Å². The Bertz CT molecular complexity index is 398. The van der Waals surface area contributed by atoms with E-state index in [-0.39, 0.29) is 25.3 Å². The van der Waals surface area contributed by atoms with Crippen molar-refractivity contribution in [1.29, 1.82) is 0 Å². The number of carboxylic acids is 2. The third-order valence-electron chi connectivity index (χ3n) is 4.01. The van der Waals surface area contributed by atoms with E-state index in [1.807, 2.05) is 0 Å². The average molecular weight is 286 g/mol. The maximum Gasteiger partial charge on any atom is 0.311 e. The predicted octanol–water partition coefficient (Wildman–Crippen LogP) is 0.282. The average Bonchev–Trinajstić information content (AvgIpc) is 2.43. The topological polar surface area (TPSA) is 121 Å². The molecule has 0 aromatic carbocycles. The lowest BCUT2D eigenvalue weighted by Crippen LogP contribution is -2.53. The quantitative estimate of drug-likeness (QED) is 0.645. The van der Waals surface area contributed by atoms with E-state index in [9.17, 15) is 19.5 Å². The highest BCUT2D eigenvalue weighted by molar-refractivity contribution is 5.84. The Labute approximate surface area is 117 Å². The molecule has 7 heteroatoms. The summed E-state index contributed by atoms with van der Waals surface area (Å²) in [6, 6.07) is -0.882. The summed E-state index contributed by atoms with van der Waals surface area (Å²) in [4.78, 5) is 35.5. The Morgan fingerprint density at radius 3 is 2.50 bits per heavy atom. The maximum absolute atomic E-state index is 12.2. The van der Waals surface area contributed by atoms with Gasteiger partial charge in [0.1, 0.15) is 0 Å². The number of piperidine rings is 1. The molecule has 1 rings (SSSR count). The fourth-order valence-electron chi connectivity index (χ4n) is 2.57. The van der Waals surface area contributed by atoms with E-state index < -0.39 is 23.4 Å². The van der Waals surface area contributed by atoms with Gasteiger partial charge in [-0.3, -0.25) is 14.4 Å². The SMILES string of the molecule is CCC1(C(=O)O)CCCN(C(=O)C(N)CCC(=O)O)C1. The van der Waals surface area contributed by atoms with Gasteiger partial charge in [-0.25, -0.2) is 0 Å². The minimum atomic E-state index is -1.000. The molecule has 1 amide bonds. The van der Waals surface area contributed by atoms with Crippen LogP contribution in [0.3, 0.4) is 0 Å². The molecule has 0 saturated carbocycles. The van der Waals surface area contributed by atoms with E-state index in [0.717, 1.165) is 0 Å². The number of nitrogens with zero attached hydrogens (tertiary/aromatic N) is 1. The van der Waals surface area contributed by atoms with Crippen LogP contribution in [0.4, 0.5) is 0 Å². The molecule has 4 N–H and O–H groups in total. The fraction of sp³-hybridized carbons (Fsp3) is 0.769. The van der Waals surface area contributed by atoms with Crippen LogP contribution in [0.5, 0.6) is 0 Å². The second-order valence-corrected chi connectivity index (χ2v) is 5.34. The molecule has 7 nitrogen and oxygen atoms in total. The number of carboxylic acid groups (broad SMARTS) is 2. The molecule has 1 saturated heterocycles. The smallest absolute Gasteiger partial charge is 0.311 e. The van der Waals surface area contributed by atoms with Gasteiger partial charge in [-0.1, -0.05) is 6.92 Å². The van der Waals surface area contributed by atoms with E-state index in [1.165, 1.54) is 4.90 Å². The van der Waals surface area contributed by atoms with Gasteiger partial charge in [0, 0.05) is 19.5 Å². The van der Waals surface area contributed by atoms with Gasteiger partial charge in [-0.05, 0) is 25.7 Å². The van der Waals surface area contributed by atoms with Gasteiger partial charge in [-0.15, -0.1) is 0 Å². The van der Waals surface area contributed by atoms with E-state index in [0.29, 0.717) is 25.8 Å². The van der Waals surface area contributed by atoms with Crippen molar-refractivity contribution in [3.63, 3.8) is 0 Å². The van der Waals surface area contributed by atoms with Crippen molar-refractivity contribution in [3.8, 4) is 0 Å². The van der Waals surface area contributed by atoms with Gasteiger partial charge in [0.25, 0.3) is 0 Å². The molecule has 0 spiro atoms. The van der Waals surface area contributed by atoms with E-state index in [1.54, 1.807) is 6.92 Å². The van der Waals surface area contributed by atoms with Gasteiger partial charge in [0.05, 0.1) is 11.5 Å². The van der Waals surface area contributed by atoms with Crippen LogP contribution < -0.4 is 5.73 Å². The molecule has 1 aliphatic rings. The summed E-state index contributed by atoms with van der Waals surface area (Å²) in [7, 11) is 0. The van der Waals surface area contributed by atoms with Crippen LogP contribution in [0.2, 0.25) is 0 Å². The van der Waals surface area contributed by atoms with Crippen molar-refractivity contribution in [1.82, 2.24) is 4.90 Å². The Morgan fingerprint density at radius 1 is 1.35 bits per heavy atom. The van der Waals surface area contributed by atoms with Crippen LogP contribution in [-0.2, 0) is 14.4 Å². The third kappa shape index (κ3) is 3.69. The molecule has 1 aliphatic heterocycles. The molecular weight excluding hydrogens is 264 g/mol. The first-order valence-electron chi connectivity index (χ1n) is 6.82. The fourth-order valence-corrected chi connectivity index (χ4v) is 2.57. The highest BCUT2D eigenvalue weighted by Crippen LogP contribution is 2.33. The minimum absolute atomic E-state index is 0.0663. The van der Waals surface area contributed by atoms with Crippen molar-refractivity contribution in [3.05, 3.63) is 0 Å². The molecule has 0 bridgehead atoms. The molecule has 1 fully saturated rings. The first-order valence-corrected chi connectivity index (χ1v) is 6.82. The van der Waals surface area contributed by atoms with Crippen LogP contribution in [0, 0.1) is 5.41 Å². The van der Waals surface area contributed by atoms with Crippen LogP contribution in [-0.4, -0.2) is 52.1 Å². The summed E-state index contributed by atoms with van der Waals surface area (Å²) in [5.41, 5.74) is 4.80. The van der Waals surface area contributed by atoms with Gasteiger partial charge < -0.3 is 20.8 Å². The van der Waals surface area contributed by atoms with E-state index in [2.05, 4.69) is 0 Å². The molecule has 0 aromatic rings. The number of aliphatic carboxylic acids is 2. The monoisotopic (exact) mass is 286 g/mol. The third-order valence-corrected chi connectivity index (χ3v) is 4.01. The number of rotatable bonds is 6. The zero-order valence-electron chi connectivity index (χ0n) is 11.7. The summed E-state index contributed by atoms with van der Waals surface area (Å²) >= 11 is 0. The normalized spacial score (nSPS) is 24.2. The Balaban J connectivity index is 2.68. The summed E-state index contributed by atoms with van der Waals surface area (Å²) < 4.78 is 0. The largest absolute Gasteiger partial charge is 0.481 e. The lowest BCUT2D eigenvalue weighted by Gasteiger charge is -2.40. The summed E-state index contributed by atoms with van der Waals surface area (Å²) in [6.45, 7) is 2.43. The van der Waals surface area contributed by atoms with E-state index in [4.69, 9.17) is 10.8 Å². The zero-order chi connectivity index (χ0) is 15.3. The van der Waals surface area contributed by atoms with Gasteiger partial charge in [0.15, 0.2) is 0 Å². The van der Waals surface area contributed by atoms with Crippen molar-refractivity contribution in [2.75, 3.05) is 13.1 Å². The summed E-state index contributed by atoms with van der Waals surface area (Å²) in [6.07, 6.45) is 1.52. The number of hydrogen-bond donors (Lipinski definition) is 3. The van der Waals surface area contributed by atoms with E-state index >= 15 is 0 Å². The number of nitrogens with two attached hydrogens (primary N) is 1. The molecule has 20 heavy (non-hydrogen) atoms. The number of carbonyl (C=O) groups is 3. The standard InChI is InChI=1S/C13H22N2O5/c1-2-13(12(19)20)6-3-7-15(8-13)11(18)9(14)4-5-10(16)17/h9H,2-8,14H2,1H3,(H,16,17)(H,19,20). The van der Waals surface area contributed by atoms with Gasteiger partial charge >= 0.3 is 11.9 Å². The zero-order valence-corrected chi connectivity index (χ0v) is 11.7. The molecule has 0 aromatic heterocycles. The molecule has 0 aliphatic carbocycles. The van der Waals surface area contributed by atoms with Gasteiger partial charge in [-0.2, -0.15) is 0 Å². The second kappa shape index (κ2) is 6.69. The van der Waals surface area contributed by atoms with Crippen LogP contribution in [0.15, 0.2) is 0 Å². The first kappa shape index (κ1) is 16.4. The number of hydrogen-bond acceptors (Lipinski definition) is 4. The van der Waals surface area contributed by atoms with Crippen LogP contribution in [0.25, 0.3) is 0 Å². The first-order chi connectivity index (χ1) is 9.32. The Kier molecular flexibility index (Phi) is 5.50. The molecule has 1 heterocycles. The summed E-state index contributed by atoms with van der Waals surface area (Å²) in [5.74, 6) is -2.25. The van der Waals surface area contributed by atoms with Crippen molar-refractivity contribution in [2.24, 2.45) is 11.1 Å². The van der Waals surface area contributed by atoms with Gasteiger partial charge in [0.2, 0.25) is 5.91 Å². The molecular formula is C13H22N2O5. The number of likely N-dealkylation sites (tertiary alicyclic amines) is 1. The lowest BCUT2D eigenvalue weighted by molar-refractivity contribution is -0.155. The minimum Gasteiger partial charge on any atom is -0.481 e. The second-order valence-electron chi connectivity index (χ2n) is 5.34. The van der Waals surface area contributed by atoms with Crippen LogP contribution >= 0.6 is 0 Å².